The second-order valence-electron chi connectivity index (χ2n) is 4.88. The molecule has 0 bridgehead atoms. The van der Waals surface area contributed by atoms with Crippen LogP contribution in [0.4, 0.5) is 14.5 Å². The molecule has 2 N–H and O–H groups in total. The van der Waals surface area contributed by atoms with Crippen LogP contribution in [-0.2, 0) is 4.79 Å². The van der Waals surface area contributed by atoms with E-state index in [0.29, 0.717) is 17.3 Å². The van der Waals surface area contributed by atoms with E-state index >= 15 is 0 Å². The molecule has 0 aliphatic heterocycles. The predicted octanol–water partition coefficient (Wildman–Crippen LogP) is 2.49. The van der Waals surface area contributed by atoms with E-state index < -0.39 is 23.4 Å². The minimum atomic E-state index is -0.872. The summed E-state index contributed by atoms with van der Waals surface area (Å²) >= 11 is 0. The van der Waals surface area contributed by atoms with Crippen LogP contribution in [0.1, 0.15) is 23.7 Å². The lowest BCUT2D eigenvalue weighted by atomic mass is 10.2. The van der Waals surface area contributed by atoms with Crippen molar-refractivity contribution >= 4 is 23.2 Å². The zero-order valence-corrected chi connectivity index (χ0v) is 12.7. The van der Waals surface area contributed by atoms with Gasteiger partial charge in [-0.15, -0.1) is 0 Å². The zero-order valence-electron chi connectivity index (χ0n) is 12.7. The number of anilines is 1. The van der Waals surface area contributed by atoms with Crippen molar-refractivity contribution in [2.24, 2.45) is 5.10 Å². The first-order valence-corrected chi connectivity index (χ1v) is 6.94. The SMILES string of the molecule is C/C(CC(=O)Nc1ccc(F)cc1F)=N/NC(=O)c1cccnc1. The lowest BCUT2D eigenvalue weighted by Gasteiger charge is -2.06. The lowest BCUT2D eigenvalue weighted by molar-refractivity contribution is -0.115. The maximum Gasteiger partial charge on any atom is 0.272 e. The average Bonchev–Trinajstić information content (AvgIpc) is 2.56. The van der Waals surface area contributed by atoms with E-state index in [4.69, 9.17) is 0 Å². The van der Waals surface area contributed by atoms with Crippen molar-refractivity contribution in [3.63, 3.8) is 0 Å². The molecule has 0 spiro atoms. The molecule has 0 saturated heterocycles. The largest absolute Gasteiger partial charge is 0.323 e. The molecule has 0 unspecified atom stereocenters. The van der Waals surface area contributed by atoms with Crippen LogP contribution in [0.2, 0.25) is 0 Å². The summed E-state index contributed by atoms with van der Waals surface area (Å²) in [5, 5.41) is 6.10. The normalized spacial score (nSPS) is 11.0. The van der Waals surface area contributed by atoms with Crippen LogP contribution in [0, 0.1) is 11.6 Å². The van der Waals surface area contributed by atoms with Crippen LogP contribution in [0.15, 0.2) is 47.8 Å². The van der Waals surface area contributed by atoms with Crippen molar-refractivity contribution in [1.82, 2.24) is 10.4 Å². The molecule has 24 heavy (non-hydrogen) atoms. The smallest absolute Gasteiger partial charge is 0.272 e. The van der Waals surface area contributed by atoms with Gasteiger partial charge < -0.3 is 5.32 Å². The van der Waals surface area contributed by atoms with E-state index in [-0.39, 0.29) is 12.1 Å². The molecule has 0 fully saturated rings. The molecule has 124 valence electrons. The fourth-order valence-corrected chi connectivity index (χ4v) is 1.76. The molecule has 1 heterocycles. The number of hydrogen-bond donors (Lipinski definition) is 2. The number of halogens is 2. The Hall–Kier alpha value is -3.16. The molecule has 2 rings (SSSR count). The number of hydrazone groups is 1. The highest BCUT2D eigenvalue weighted by Crippen LogP contribution is 2.15. The van der Waals surface area contributed by atoms with Gasteiger partial charge in [0.1, 0.15) is 11.6 Å². The summed E-state index contributed by atoms with van der Waals surface area (Å²) in [5.41, 5.74) is 2.80. The minimum Gasteiger partial charge on any atom is -0.323 e. The number of aromatic nitrogens is 1. The molecule has 0 radical (unpaired) electrons. The summed E-state index contributed by atoms with van der Waals surface area (Å²) in [6, 6.07) is 6.00. The van der Waals surface area contributed by atoms with E-state index in [1.165, 1.54) is 19.3 Å². The monoisotopic (exact) mass is 332 g/mol. The number of nitrogens with one attached hydrogen (secondary N) is 2. The van der Waals surface area contributed by atoms with Gasteiger partial charge in [0, 0.05) is 24.2 Å². The number of benzene rings is 1. The Bertz CT molecular complexity index is 779. The molecule has 1 aromatic heterocycles. The summed E-state index contributed by atoms with van der Waals surface area (Å²) in [7, 11) is 0. The third-order valence-electron chi connectivity index (χ3n) is 2.89. The van der Waals surface area contributed by atoms with Gasteiger partial charge in [-0.1, -0.05) is 0 Å². The Labute approximate surface area is 136 Å². The number of pyridine rings is 1. The van der Waals surface area contributed by atoms with Crippen molar-refractivity contribution in [2.45, 2.75) is 13.3 Å². The number of carbonyl (C=O) groups excluding carboxylic acids is 2. The van der Waals surface area contributed by atoms with Crippen LogP contribution >= 0.6 is 0 Å². The van der Waals surface area contributed by atoms with Crippen molar-refractivity contribution in [1.29, 1.82) is 0 Å². The highest BCUT2D eigenvalue weighted by atomic mass is 19.1. The first kappa shape index (κ1) is 17.2. The molecule has 0 aliphatic carbocycles. The number of nitrogens with zero attached hydrogens (tertiary/aromatic N) is 2. The predicted molar refractivity (Wildman–Crippen MR) is 84.4 cm³/mol. The lowest BCUT2D eigenvalue weighted by Crippen LogP contribution is -2.21. The fourth-order valence-electron chi connectivity index (χ4n) is 1.76. The molecule has 2 aromatic rings. The first-order valence-electron chi connectivity index (χ1n) is 6.94. The van der Waals surface area contributed by atoms with Gasteiger partial charge in [0.05, 0.1) is 17.7 Å². The van der Waals surface area contributed by atoms with Crippen LogP contribution in [0.3, 0.4) is 0 Å². The van der Waals surface area contributed by atoms with Crippen molar-refractivity contribution in [2.75, 3.05) is 5.32 Å². The summed E-state index contributed by atoms with van der Waals surface area (Å²) in [6.45, 7) is 1.53. The average molecular weight is 332 g/mol. The fraction of sp³-hybridized carbons (Fsp3) is 0.125. The minimum absolute atomic E-state index is 0.131. The summed E-state index contributed by atoms with van der Waals surface area (Å²) < 4.78 is 26.2. The molecule has 1 aromatic carbocycles. The van der Waals surface area contributed by atoms with Crippen molar-refractivity contribution in [3.8, 4) is 0 Å². The number of hydrogen-bond acceptors (Lipinski definition) is 4. The number of carbonyl (C=O) groups is 2. The summed E-state index contributed by atoms with van der Waals surface area (Å²) in [4.78, 5) is 27.4. The Morgan fingerprint density at radius 1 is 1.25 bits per heavy atom. The Morgan fingerprint density at radius 2 is 2.04 bits per heavy atom. The van der Waals surface area contributed by atoms with Gasteiger partial charge in [-0.2, -0.15) is 5.10 Å². The molecular weight excluding hydrogens is 318 g/mol. The van der Waals surface area contributed by atoms with Crippen LogP contribution in [0.25, 0.3) is 0 Å². The van der Waals surface area contributed by atoms with Crippen LogP contribution in [-0.4, -0.2) is 22.5 Å². The molecule has 0 atom stereocenters. The third-order valence-corrected chi connectivity index (χ3v) is 2.89. The van der Waals surface area contributed by atoms with Crippen LogP contribution in [0.5, 0.6) is 0 Å². The summed E-state index contributed by atoms with van der Waals surface area (Å²) in [6.07, 6.45) is 2.75. The Kier molecular flexibility index (Phi) is 5.67. The number of rotatable bonds is 5. The summed E-state index contributed by atoms with van der Waals surface area (Å²) in [5.74, 6) is -2.62. The zero-order chi connectivity index (χ0) is 17.5. The third kappa shape index (κ3) is 4.94. The van der Waals surface area contributed by atoms with Gasteiger partial charge in [-0.3, -0.25) is 14.6 Å². The second-order valence-corrected chi connectivity index (χ2v) is 4.88. The second kappa shape index (κ2) is 7.91. The standard InChI is InChI=1S/C16H14F2N4O2/c1-10(21-22-16(24)11-3-2-6-19-9-11)7-15(23)20-14-5-4-12(17)8-13(14)18/h2-6,8-9H,7H2,1H3,(H,20,23)(H,22,24)/b21-10-. The maximum atomic E-state index is 13.4. The Morgan fingerprint density at radius 3 is 2.71 bits per heavy atom. The van der Waals surface area contributed by atoms with Gasteiger partial charge in [-0.05, 0) is 31.2 Å². The highest BCUT2D eigenvalue weighted by Gasteiger charge is 2.10. The van der Waals surface area contributed by atoms with E-state index in [9.17, 15) is 18.4 Å². The molecule has 0 saturated carbocycles. The van der Waals surface area contributed by atoms with Crippen LogP contribution < -0.4 is 10.7 Å². The van der Waals surface area contributed by atoms with Gasteiger partial charge in [-0.25, -0.2) is 14.2 Å². The quantitative estimate of drug-likeness (QED) is 0.652. The van der Waals surface area contributed by atoms with Gasteiger partial charge in [0.2, 0.25) is 5.91 Å². The number of amides is 2. The van der Waals surface area contributed by atoms with Crippen molar-refractivity contribution < 1.29 is 18.4 Å². The van der Waals surface area contributed by atoms with E-state index in [2.05, 4.69) is 20.8 Å². The van der Waals surface area contributed by atoms with E-state index in [1.807, 2.05) is 0 Å². The van der Waals surface area contributed by atoms with E-state index in [1.54, 1.807) is 12.1 Å². The van der Waals surface area contributed by atoms with E-state index in [0.717, 1.165) is 12.1 Å². The molecule has 0 aliphatic rings. The molecule has 6 nitrogen and oxygen atoms in total. The highest BCUT2D eigenvalue weighted by molar-refractivity contribution is 6.06. The molecule has 2 amide bonds. The van der Waals surface area contributed by atoms with Gasteiger partial charge in [0.25, 0.3) is 5.91 Å². The molecular formula is C16H14F2N4O2. The maximum absolute atomic E-state index is 13.4. The van der Waals surface area contributed by atoms with Gasteiger partial charge in [0.15, 0.2) is 0 Å². The molecule has 8 heteroatoms. The first-order chi connectivity index (χ1) is 11.5. The van der Waals surface area contributed by atoms with Gasteiger partial charge >= 0.3 is 0 Å². The topological polar surface area (TPSA) is 83.5 Å². The Balaban J connectivity index is 1.90. The van der Waals surface area contributed by atoms with Crippen molar-refractivity contribution in [3.05, 3.63) is 59.9 Å².